The molecule has 0 fully saturated rings. The molecule has 0 amide bonds. The quantitative estimate of drug-likeness (QED) is 0.445. The molecule has 0 nitrogen and oxygen atoms in total. The van der Waals surface area contributed by atoms with Crippen LogP contribution in [0.1, 0.15) is 33.6 Å². The van der Waals surface area contributed by atoms with E-state index in [0.717, 1.165) is 6.42 Å². The Bertz CT molecular complexity index is 186. The van der Waals surface area contributed by atoms with Gasteiger partial charge < -0.3 is 37.2 Å². The molecule has 0 aromatic rings. The third-order valence-corrected chi connectivity index (χ3v) is 2.31. The van der Waals surface area contributed by atoms with Gasteiger partial charge in [-0.05, 0) is 11.8 Å². The summed E-state index contributed by atoms with van der Waals surface area (Å²) in [5, 5.41) is 0. The van der Waals surface area contributed by atoms with Crippen molar-refractivity contribution in [1.29, 1.82) is 0 Å². The second-order valence-electron chi connectivity index (χ2n) is 3.43. The van der Waals surface area contributed by atoms with E-state index in [1.165, 1.54) is 12.0 Å². The van der Waals surface area contributed by atoms with Crippen molar-refractivity contribution in [2.45, 2.75) is 33.6 Å². The van der Waals surface area contributed by atoms with Gasteiger partial charge in [0.15, 0.2) is 0 Å². The summed E-state index contributed by atoms with van der Waals surface area (Å²) in [4.78, 5) is 0. The Balaban J connectivity index is -0.000000125. The maximum absolute atomic E-state index is 3.35. The van der Waals surface area contributed by atoms with Gasteiger partial charge in [-0.15, -0.1) is 6.42 Å². The first kappa shape index (κ1) is 24.3. The summed E-state index contributed by atoms with van der Waals surface area (Å²) in [5.74, 6) is 0. The van der Waals surface area contributed by atoms with Gasteiger partial charge >= 0.3 is 18.6 Å². The van der Waals surface area contributed by atoms with E-state index in [9.17, 15) is 0 Å². The first-order chi connectivity index (χ1) is 4.67. The molecule has 0 bridgehead atoms. The molecule has 81 valence electrons. The Morgan fingerprint density at radius 3 is 2.07 bits per heavy atom. The van der Waals surface area contributed by atoms with Gasteiger partial charge in [0.2, 0.25) is 0 Å². The standard InChI is InChI=1S/C10H15.3ClH.V/c1-4-10(2,3)9-7-5-6-8-9;;;;/h5,7H,4,6H2,1-3H3;3*1H;/q-1;;;;+4/p-3. The second kappa shape index (κ2) is 10.5. The van der Waals surface area contributed by atoms with Crippen molar-refractivity contribution in [3.8, 4) is 0 Å². The largest absolute Gasteiger partial charge is 4.00 e. The molecule has 0 atom stereocenters. The molecule has 0 unspecified atom stereocenters. The SMILES string of the molecule is CCC(C)(C)C1=[C-]CC=C1.[Cl-].[Cl-].[Cl-].[V+4]. The van der Waals surface area contributed by atoms with Crippen LogP contribution in [0.25, 0.3) is 0 Å². The normalized spacial score (nSPS) is 12.6. The first-order valence-corrected chi connectivity index (χ1v) is 3.94. The van der Waals surface area contributed by atoms with Gasteiger partial charge in [0, 0.05) is 0 Å². The predicted octanol–water partition coefficient (Wildman–Crippen LogP) is -5.88. The van der Waals surface area contributed by atoms with Crippen LogP contribution in [0.4, 0.5) is 0 Å². The molecule has 0 aromatic heterocycles. The van der Waals surface area contributed by atoms with Gasteiger partial charge in [0.05, 0.1) is 0 Å². The molecular formula is C10H15Cl3V. The molecule has 0 N–H and O–H groups in total. The van der Waals surface area contributed by atoms with E-state index in [4.69, 9.17) is 0 Å². The maximum Gasteiger partial charge on any atom is 4.00 e. The van der Waals surface area contributed by atoms with Gasteiger partial charge in [-0.1, -0.05) is 20.8 Å². The third kappa shape index (κ3) is 6.42. The zero-order valence-electron chi connectivity index (χ0n) is 8.65. The fourth-order valence-corrected chi connectivity index (χ4v) is 1.06. The smallest absolute Gasteiger partial charge is 1.00 e. The first-order valence-electron chi connectivity index (χ1n) is 3.94. The van der Waals surface area contributed by atoms with Crippen molar-refractivity contribution in [2.75, 3.05) is 0 Å². The number of halogens is 3. The van der Waals surface area contributed by atoms with Gasteiger partial charge in [-0.2, -0.15) is 6.08 Å². The maximum atomic E-state index is 3.35. The summed E-state index contributed by atoms with van der Waals surface area (Å²) in [6.07, 6.45) is 9.93. The fraction of sp³-hybridized carbons (Fsp3) is 0.600. The van der Waals surface area contributed by atoms with E-state index in [-0.39, 0.29) is 55.8 Å². The minimum absolute atomic E-state index is 0. The number of rotatable bonds is 2. The van der Waals surface area contributed by atoms with Crippen molar-refractivity contribution >= 4 is 0 Å². The van der Waals surface area contributed by atoms with E-state index < -0.39 is 0 Å². The molecule has 0 heterocycles. The zero-order valence-corrected chi connectivity index (χ0v) is 12.3. The molecular weight excluding hydrogens is 277 g/mol. The summed E-state index contributed by atoms with van der Waals surface area (Å²) in [7, 11) is 0. The van der Waals surface area contributed by atoms with E-state index >= 15 is 0 Å². The van der Waals surface area contributed by atoms with Crippen LogP contribution in [-0.2, 0) is 18.6 Å². The third-order valence-electron chi connectivity index (χ3n) is 2.31. The minimum Gasteiger partial charge on any atom is -1.00 e. The van der Waals surface area contributed by atoms with E-state index in [2.05, 4.69) is 39.0 Å². The summed E-state index contributed by atoms with van der Waals surface area (Å²) in [5.41, 5.74) is 1.72. The van der Waals surface area contributed by atoms with Crippen molar-refractivity contribution in [1.82, 2.24) is 0 Å². The summed E-state index contributed by atoms with van der Waals surface area (Å²) < 4.78 is 0. The topological polar surface area (TPSA) is 0 Å². The molecule has 1 aliphatic rings. The molecule has 0 aromatic carbocycles. The predicted molar refractivity (Wildman–Crippen MR) is 44.6 cm³/mol. The minimum atomic E-state index is 0. The molecule has 14 heavy (non-hydrogen) atoms. The average molecular weight is 293 g/mol. The van der Waals surface area contributed by atoms with E-state index in [0.29, 0.717) is 5.41 Å². The van der Waals surface area contributed by atoms with Crippen molar-refractivity contribution < 1.29 is 55.8 Å². The van der Waals surface area contributed by atoms with Crippen LogP contribution < -0.4 is 37.2 Å². The van der Waals surface area contributed by atoms with E-state index in [1.807, 2.05) is 0 Å². The van der Waals surface area contributed by atoms with Crippen molar-refractivity contribution in [3.05, 3.63) is 23.8 Å². The van der Waals surface area contributed by atoms with Crippen LogP contribution in [0.2, 0.25) is 0 Å². The Morgan fingerprint density at radius 2 is 1.79 bits per heavy atom. The summed E-state index contributed by atoms with van der Waals surface area (Å²) in [6.45, 7) is 6.76. The van der Waals surface area contributed by atoms with Crippen LogP contribution in [-0.4, -0.2) is 0 Å². The monoisotopic (exact) mass is 291 g/mol. The van der Waals surface area contributed by atoms with Crippen molar-refractivity contribution in [3.63, 3.8) is 0 Å². The van der Waals surface area contributed by atoms with E-state index in [1.54, 1.807) is 0 Å². The van der Waals surface area contributed by atoms with Gasteiger partial charge in [0.25, 0.3) is 0 Å². The fourth-order valence-electron chi connectivity index (χ4n) is 1.06. The molecule has 0 saturated carbocycles. The zero-order chi connectivity index (χ0) is 7.61. The van der Waals surface area contributed by atoms with Crippen molar-refractivity contribution in [2.24, 2.45) is 5.41 Å². The van der Waals surface area contributed by atoms with Crippen LogP contribution in [0.3, 0.4) is 0 Å². The van der Waals surface area contributed by atoms with Gasteiger partial charge in [-0.3, -0.25) is 6.08 Å². The molecule has 1 radical (unpaired) electrons. The molecule has 4 heteroatoms. The number of allylic oxidation sites excluding steroid dienone is 4. The van der Waals surface area contributed by atoms with Crippen LogP contribution in [0.5, 0.6) is 0 Å². The van der Waals surface area contributed by atoms with Crippen LogP contribution >= 0.6 is 0 Å². The van der Waals surface area contributed by atoms with Gasteiger partial charge in [-0.25, -0.2) is 11.6 Å². The summed E-state index contributed by atoms with van der Waals surface area (Å²) >= 11 is 0. The summed E-state index contributed by atoms with van der Waals surface area (Å²) in [6, 6.07) is 0. The van der Waals surface area contributed by atoms with Gasteiger partial charge in [0.1, 0.15) is 0 Å². The Labute approximate surface area is 118 Å². The second-order valence-corrected chi connectivity index (χ2v) is 3.43. The van der Waals surface area contributed by atoms with Crippen LogP contribution in [0, 0.1) is 11.5 Å². The average Bonchev–Trinajstić information content (AvgIpc) is 2.38. The Hall–Kier alpha value is 0.934. The molecule has 1 rings (SSSR count). The Kier molecular flexibility index (Phi) is 18.1. The molecule has 0 aliphatic heterocycles. The molecule has 1 aliphatic carbocycles. The molecule has 0 saturated heterocycles. The number of hydrogen-bond donors (Lipinski definition) is 0. The number of hydrogen-bond acceptors (Lipinski definition) is 0. The molecule has 0 spiro atoms. The Morgan fingerprint density at radius 1 is 1.29 bits per heavy atom. The van der Waals surface area contributed by atoms with Crippen LogP contribution in [0.15, 0.2) is 17.7 Å².